The van der Waals surface area contributed by atoms with Gasteiger partial charge in [-0.3, -0.25) is 0 Å². The van der Waals surface area contributed by atoms with Crippen molar-refractivity contribution in [3.05, 3.63) is 51.5 Å². The van der Waals surface area contributed by atoms with Crippen LogP contribution < -0.4 is 10.0 Å². The number of hydrogen-bond donors (Lipinski definition) is 2. The molecular weight excluding hydrogens is 533 g/mol. The van der Waals surface area contributed by atoms with Gasteiger partial charge in [-0.15, -0.1) is 35.3 Å². The predicted molar refractivity (Wildman–Crippen MR) is 136 cm³/mol. The Morgan fingerprint density at radius 2 is 1.87 bits per heavy atom. The fourth-order valence-corrected chi connectivity index (χ4v) is 4.83. The van der Waals surface area contributed by atoms with E-state index in [1.165, 1.54) is 0 Å². The Hall–Kier alpha value is -1.24. The second-order valence-corrected chi connectivity index (χ2v) is 10.0. The van der Waals surface area contributed by atoms with Crippen molar-refractivity contribution in [2.75, 3.05) is 13.6 Å². The van der Waals surface area contributed by atoms with E-state index in [9.17, 15) is 8.42 Å². The number of nitrogens with one attached hydrogen (secondary N) is 2. The summed E-state index contributed by atoms with van der Waals surface area (Å²) in [5.74, 6) is 0.790. The Balaban J connectivity index is 0.00000450. The first kappa shape index (κ1) is 26.8. The highest BCUT2D eigenvalue weighted by Gasteiger charge is 2.13. The molecule has 2 rings (SSSR count). The average molecular weight is 566 g/mol. The number of rotatable bonds is 9. The summed E-state index contributed by atoms with van der Waals surface area (Å²) in [5.41, 5.74) is 2.81. The zero-order valence-corrected chi connectivity index (χ0v) is 22.1. The fraction of sp³-hybridized carbons (Fsp3) is 0.500. The molecule has 0 aliphatic rings. The van der Waals surface area contributed by atoms with Crippen LogP contribution in [0.15, 0.2) is 34.6 Å². The molecule has 0 saturated heterocycles. The monoisotopic (exact) mass is 565 g/mol. The maximum Gasteiger partial charge on any atom is 0.216 e. The predicted octanol–water partition coefficient (Wildman–Crippen LogP) is 3.49. The quantitative estimate of drug-likeness (QED) is 0.276. The van der Waals surface area contributed by atoms with E-state index in [4.69, 9.17) is 4.99 Å². The average Bonchev–Trinajstić information content (AvgIpc) is 3.03. The minimum atomic E-state index is -3.32. The molecule has 168 valence electrons. The van der Waals surface area contributed by atoms with Crippen LogP contribution >= 0.6 is 35.3 Å². The summed E-state index contributed by atoms with van der Waals surface area (Å²) in [6.45, 7) is 9.65. The number of halogens is 1. The van der Waals surface area contributed by atoms with Gasteiger partial charge in [-0.1, -0.05) is 24.3 Å². The van der Waals surface area contributed by atoms with E-state index in [1.54, 1.807) is 11.3 Å². The van der Waals surface area contributed by atoms with Gasteiger partial charge >= 0.3 is 0 Å². The maximum absolute atomic E-state index is 12.1. The standard InChI is InChI=1S/C20H31N5O2S2.HI/c1-6-21-20(25(5)12-19-13-28-16(4)23-19)22-11-17-7-9-18(10-8-17)14-29(26,27)24-15(2)3;/h7-10,13,15,24H,6,11-12,14H2,1-5H3,(H,21,22);1H. The molecule has 0 unspecified atom stereocenters. The van der Waals surface area contributed by atoms with Gasteiger partial charge in [0.1, 0.15) is 0 Å². The van der Waals surface area contributed by atoms with Gasteiger partial charge in [-0.05, 0) is 38.8 Å². The number of thiazole rings is 1. The molecule has 0 fully saturated rings. The SMILES string of the molecule is CCNC(=NCc1ccc(CS(=O)(=O)NC(C)C)cc1)N(C)Cc1csc(C)n1.I. The molecule has 0 amide bonds. The number of guanidine groups is 1. The van der Waals surface area contributed by atoms with Crippen LogP contribution in [0.2, 0.25) is 0 Å². The van der Waals surface area contributed by atoms with E-state index >= 15 is 0 Å². The van der Waals surface area contributed by atoms with Crippen molar-refractivity contribution in [1.29, 1.82) is 0 Å². The zero-order valence-electron chi connectivity index (χ0n) is 18.2. The molecule has 0 aliphatic carbocycles. The van der Waals surface area contributed by atoms with Gasteiger partial charge in [0.15, 0.2) is 5.96 Å². The fourth-order valence-electron chi connectivity index (χ4n) is 2.80. The summed E-state index contributed by atoms with van der Waals surface area (Å²) in [7, 11) is -1.33. The first-order chi connectivity index (χ1) is 13.7. The number of hydrogen-bond acceptors (Lipinski definition) is 5. The zero-order chi connectivity index (χ0) is 21.4. The maximum atomic E-state index is 12.1. The molecule has 30 heavy (non-hydrogen) atoms. The number of nitrogens with zero attached hydrogens (tertiary/aromatic N) is 3. The molecule has 0 aliphatic heterocycles. The number of aromatic nitrogens is 1. The first-order valence-corrected chi connectivity index (χ1v) is 12.2. The van der Waals surface area contributed by atoms with Crippen molar-refractivity contribution in [1.82, 2.24) is 19.9 Å². The highest BCUT2D eigenvalue weighted by Crippen LogP contribution is 2.11. The van der Waals surface area contributed by atoms with Crippen LogP contribution in [0.3, 0.4) is 0 Å². The lowest BCUT2D eigenvalue weighted by atomic mass is 10.1. The van der Waals surface area contributed by atoms with E-state index in [1.807, 2.05) is 59.0 Å². The van der Waals surface area contributed by atoms with E-state index < -0.39 is 10.0 Å². The lowest BCUT2D eigenvalue weighted by Crippen LogP contribution is -2.38. The van der Waals surface area contributed by atoms with Gasteiger partial charge in [-0.25, -0.2) is 23.1 Å². The lowest BCUT2D eigenvalue weighted by Gasteiger charge is -2.21. The number of aryl methyl sites for hydroxylation is 1. The minimum absolute atomic E-state index is 0. The Morgan fingerprint density at radius 1 is 1.23 bits per heavy atom. The summed E-state index contributed by atoms with van der Waals surface area (Å²) in [4.78, 5) is 11.3. The molecule has 1 aromatic carbocycles. The summed E-state index contributed by atoms with van der Waals surface area (Å²) in [5, 5.41) is 6.43. The van der Waals surface area contributed by atoms with Crippen molar-refractivity contribution in [3.8, 4) is 0 Å². The third-order valence-electron chi connectivity index (χ3n) is 3.97. The second-order valence-electron chi connectivity index (χ2n) is 7.23. The third-order valence-corrected chi connectivity index (χ3v) is 6.33. The second kappa shape index (κ2) is 12.6. The van der Waals surface area contributed by atoms with Crippen LogP contribution in [0.4, 0.5) is 0 Å². The normalized spacial score (nSPS) is 12.0. The molecule has 0 spiro atoms. The highest BCUT2D eigenvalue weighted by atomic mass is 127. The Bertz CT molecular complexity index is 912. The molecule has 1 aromatic heterocycles. The van der Waals surface area contributed by atoms with Gasteiger partial charge in [0.05, 0.1) is 29.5 Å². The van der Waals surface area contributed by atoms with Crippen molar-refractivity contribution in [2.45, 2.75) is 52.6 Å². The van der Waals surface area contributed by atoms with Crippen molar-refractivity contribution < 1.29 is 8.42 Å². The molecule has 0 bridgehead atoms. The Morgan fingerprint density at radius 3 is 2.40 bits per heavy atom. The summed E-state index contributed by atoms with van der Waals surface area (Å²) < 4.78 is 26.7. The minimum Gasteiger partial charge on any atom is -0.357 e. The van der Waals surface area contributed by atoms with E-state index in [2.05, 4.69) is 25.3 Å². The number of sulfonamides is 1. The summed E-state index contributed by atoms with van der Waals surface area (Å²) in [6, 6.07) is 7.44. The van der Waals surface area contributed by atoms with Gasteiger partial charge in [0.25, 0.3) is 0 Å². The highest BCUT2D eigenvalue weighted by molar-refractivity contribution is 14.0. The smallest absolute Gasteiger partial charge is 0.216 e. The lowest BCUT2D eigenvalue weighted by molar-refractivity contribution is 0.471. The topological polar surface area (TPSA) is 86.7 Å². The van der Waals surface area contributed by atoms with E-state index in [0.717, 1.165) is 34.3 Å². The molecular formula is C20H32IN5O2S2. The van der Waals surface area contributed by atoms with Crippen LogP contribution in [0.25, 0.3) is 0 Å². The molecule has 2 aromatic rings. The van der Waals surface area contributed by atoms with Crippen molar-refractivity contribution in [3.63, 3.8) is 0 Å². The van der Waals surface area contributed by atoms with E-state index in [0.29, 0.717) is 13.1 Å². The molecule has 1 heterocycles. The van der Waals surface area contributed by atoms with Crippen LogP contribution in [0.5, 0.6) is 0 Å². The molecule has 2 N–H and O–H groups in total. The number of benzene rings is 1. The van der Waals surface area contributed by atoms with Gasteiger partial charge in [0.2, 0.25) is 10.0 Å². The number of aliphatic imine (C=N–C) groups is 1. The van der Waals surface area contributed by atoms with Crippen LogP contribution in [-0.2, 0) is 28.9 Å². The molecule has 10 heteroatoms. The molecule has 0 radical (unpaired) electrons. The Kier molecular flexibility index (Phi) is 11.2. The van der Waals surface area contributed by atoms with Crippen LogP contribution in [-0.4, -0.2) is 43.9 Å². The molecule has 0 saturated carbocycles. The van der Waals surface area contributed by atoms with Crippen LogP contribution in [0, 0.1) is 6.92 Å². The first-order valence-electron chi connectivity index (χ1n) is 9.66. The summed E-state index contributed by atoms with van der Waals surface area (Å²) in [6.07, 6.45) is 0. The van der Waals surface area contributed by atoms with Gasteiger partial charge in [-0.2, -0.15) is 0 Å². The van der Waals surface area contributed by atoms with E-state index in [-0.39, 0.29) is 35.8 Å². The largest absolute Gasteiger partial charge is 0.357 e. The Labute approximate surface area is 201 Å². The van der Waals surface area contributed by atoms with Crippen molar-refractivity contribution >= 4 is 51.3 Å². The third kappa shape index (κ3) is 9.27. The summed E-state index contributed by atoms with van der Waals surface area (Å²) >= 11 is 1.64. The van der Waals surface area contributed by atoms with Gasteiger partial charge in [0, 0.05) is 25.0 Å². The molecule has 0 atom stereocenters. The van der Waals surface area contributed by atoms with Gasteiger partial charge < -0.3 is 10.2 Å². The molecule has 7 nitrogen and oxygen atoms in total. The van der Waals surface area contributed by atoms with Crippen molar-refractivity contribution in [2.24, 2.45) is 4.99 Å². The van der Waals surface area contributed by atoms with Crippen LogP contribution in [0.1, 0.15) is 42.6 Å².